The van der Waals surface area contributed by atoms with Gasteiger partial charge in [0.15, 0.2) is 0 Å². The van der Waals surface area contributed by atoms with Crippen molar-refractivity contribution in [2.24, 2.45) is 0 Å². The van der Waals surface area contributed by atoms with Crippen LogP contribution in [0.3, 0.4) is 0 Å². The van der Waals surface area contributed by atoms with Crippen LogP contribution in [0.25, 0.3) is 0 Å². The molecule has 1 atom stereocenters. The maximum atomic E-state index is 11.5. The zero-order chi connectivity index (χ0) is 13.8. The van der Waals surface area contributed by atoms with E-state index in [2.05, 4.69) is 11.8 Å². The number of benzene rings is 1. The van der Waals surface area contributed by atoms with Gasteiger partial charge in [0.05, 0.1) is 0 Å². The lowest BCUT2D eigenvalue weighted by Gasteiger charge is -2.37. The van der Waals surface area contributed by atoms with E-state index in [0.29, 0.717) is 0 Å². The average Bonchev–Trinajstić information content (AvgIpc) is 2.42. The highest BCUT2D eigenvalue weighted by Gasteiger charge is 2.29. The number of carbonyl (C=O) groups is 1. The summed E-state index contributed by atoms with van der Waals surface area (Å²) in [6.07, 6.45) is 0. The number of hydrogen-bond donors (Lipinski definition) is 2. The summed E-state index contributed by atoms with van der Waals surface area (Å²) in [5.74, 6) is -0.681. The molecule has 1 aromatic carbocycles. The lowest BCUT2D eigenvalue weighted by Crippen LogP contribution is -2.49. The number of rotatable bonds is 4. The van der Waals surface area contributed by atoms with Crippen molar-refractivity contribution in [3.63, 3.8) is 0 Å². The SMILES string of the molecule is CCN1CCN(C(C(=O)O)c2ccc(O)cc2)CC1. The number of carboxylic acids is 1. The lowest BCUT2D eigenvalue weighted by molar-refractivity contribution is -0.144. The third-order valence-corrected chi connectivity index (χ3v) is 3.66. The summed E-state index contributed by atoms with van der Waals surface area (Å²) >= 11 is 0. The van der Waals surface area contributed by atoms with E-state index >= 15 is 0 Å². The highest BCUT2D eigenvalue weighted by molar-refractivity contribution is 5.75. The molecule has 0 radical (unpaired) electrons. The standard InChI is InChI=1S/C14H20N2O3/c1-2-15-7-9-16(10-8-15)13(14(18)19)11-3-5-12(17)6-4-11/h3-6,13,17H,2,7-10H2,1H3,(H,18,19). The molecule has 104 valence electrons. The molecule has 1 aromatic rings. The Balaban J connectivity index is 2.13. The summed E-state index contributed by atoms with van der Waals surface area (Å²) in [4.78, 5) is 15.8. The molecule has 19 heavy (non-hydrogen) atoms. The summed E-state index contributed by atoms with van der Waals surface area (Å²) < 4.78 is 0. The van der Waals surface area contributed by atoms with E-state index in [-0.39, 0.29) is 5.75 Å². The zero-order valence-corrected chi connectivity index (χ0v) is 11.1. The molecule has 5 nitrogen and oxygen atoms in total. The topological polar surface area (TPSA) is 64.0 Å². The van der Waals surface area contributed by atoms with E-state index in [1.54, 1.807) is 12.1 Å². The number of aromatic hydroxyl groups is 1. The third kappa shape index (κ3) is 3.24. The number of piperazine rings is 1. The first-order chi connectivity index (χ1) is 9.11. The summed E-state index contributed by atoms with van der Waals surface area (Å²) in [5.41, 5.74) is 0.718. The number of nitrogens with zero attached hydrogens (tertiary/aromatic N) is 2. The van der Waals surface area contributed by atoms with E-state index < -0.39 is 12.0 Å². The second-order valence-electron chi connectivity index (χ2n) is 4.80. The predicted octanol–water partition coefficient (Wildman–Crippen LogP) is 1.16. The second-order valence-corrected chi connectivity index (χ2v) is 4.80. The minimum Gasteiger partial charge on any atom is -0.508 e. The molecule has 0 amide bonds. The van der Waals surface area contributed by atoms with Gasteiger partial charge in [0, 0.05) is 26.2 Å². The molecular formula is C14H20N2O3. The Labute approximate surface area is 113 Å². The van der Waals surface area contributed by atoms with Crippen LogP contribution in [0.5, 0.6) is 5.75 Å². The average molecular weight is 264 g/mol. The zero-order valence-electron chi connectivity index (χ0n) is 11.1. The van der Waals surface area contributed by atoms with Gasteiger partial charge in [-0.2, -0.15) is 0 Å². The largest absolute Gasteiger partial charge is 0.508 e. The monoisotopic (exact) mass is 264 g/mol. The van der Waals surface area contributed by atoms with Crippen molar-refractivity contribution < 1.29 is 15.0 Å². The Kier molecular flexibility index (Phi) is 4.39. The van der Waals surface area contributed by atoms with Crippen LogP contribution in [0, 0.1) is 0 Å². The minimum absolute atomic E-state index is 0.156. The number of hydrogen-bond acceptors (Lipinski definition) is 4. The van der Waals surface area contributed by atoms with Gasteiger partial charge in [-0.25, -0.2) is 0 Å². The van der Waals surface area contributed by atoms with Crippen LogP contribution in [0.4, 0.5) is 0 Å². The van der Waals surface area contributed by atoms with Gasteiger partial charge >= 0.3 is 5.97 Å². The van der Waals surface area contributed by atoms with E-state index in [1.807, 2.05) is 4.90 Å². The van der Waals surface area contributed by atoms with Crippen LogP contribution in [0.2, 0.25) is 0 Å². The molecular weight excluding hydrogens is 244 g/mol. The van der Waals surface area contributed by atoms with Crippen LogP contribution in [-0.4, -0.2) is 58.7 Å². The minimum atomic E-state index is -0.837. The molecule has 1 heterocycles. The summed E-state index contributed by atoms with van der Waals surface area (Å²) in [7, 11) is 0. The number of phenols is 1. The van der Waals surface area contributed by atoms with Crippen LogP contribution in [0.15, 0.2) is 24.3 Å². The Morgan fingerprint density at radius 1 is 1.21 bits per heavy atom. The molecule has 0 spiro atoms. The molecule has 0 aromatic heterocycles. The number of carboxylic acid groups (broad SMARTS) is 1. The first-order valence-corrected chi connectivity index (χ1v) is 6.60. The van der Waals surface area contributed by atoms with Crippen molar-refractivity contribution in [3.05, 3.63) is 29.8 Å². The highest BCUT2D eigenvalue weighted by Crippen LogP contribution is 2.24. The van der Waals surface area contributed by atoms with E-state index in [1.165, 1.54) is 12.1 Å². The van der Waals surface area contributed by atoms with Crippen LogP contribution in [-0.2, 0) is 4.79 Å². The fourth-order valence-electron chi connectivity index (χ4n) is 2.50. The van der Waals surface area contributed by atoms with Crippen LogP contribution < -0.4 is 0 Å². The molecule has 0 aliphatic carbocycles. The van der Waals surface area contributed by atoms with Gasteiger partial charge in [-0.05, 0) is 24.2 Å². The Morgan fingerprint density at radius 3 is 2.26 bits per heavy atom. The molecule has 5 heteroatoms. The van der Waals surface area contributed by atoms with Gasteiger partial charge in [0.1, 0.15) is 11.8 Å². The molecule has 1 unspecified atom stereocenters. The van der Waals surface area contributed by atoms with Gasteiger partial charge in [-0.15, -0.1) is 0 Å². The summed E-state index contributed by atoms with van der Waals surface area (Å²) in [6, 6.07) is 5.81. The van der Waals surface area contributed by atoms with Gasteiger partial charge < -0.3 is 15.1 Å². The van der Waals surface area contributed by atoms with Gasteiger partial charge in [-0.3, -0.25) is 9.69 Å². The number of likely N-dealkylation sites (N-methyl/N-ethyl adjacent to an activating group) is 1. The summed E-state index contributed by atoms with van der Waals surface area (Å²) in [6.45, 7) is 6.43. The molecule has 0 bridgehead atoms. The molecule has 2 rings (SSSR count). The van der Waals surface area contributed by atoms with Crippen molar-refractivity contribution in [1.82, 2.24) is 9.80 Å². The van der Waals surface area contributed by atoms with Gasteiger partial charge in [0.2, 0.25) is 0 Å². The fraction of sp³-hybridized carbons (Fsp3) is 0.500. The maximum absolute atomic E-state index is 11.5. The number of aliphatic carboxylic acids is 1. The van der Waals surface area contributed by atoms with Crippen molar-refractivity contribution in [2.75, 3.05) is 32.7 Å². The second kappa shape index (κ2) is 6.04. The van der Waals surface area contributed by atoms with E-state index in [9.17, 15) is 15.0 Å². The predicted molar refractivity (Wildman–Crippen MR) is 72.2 cm³/mol. The van der Waals surface area contributed by atoms with Crippen molar-refractivity contribution in [3.8, 4) is 5.75 Å². The Bertz CT molecular complexity index is 425. The molecule has 0 saturated carbocycles. The highest BCUT2D eigenvalue weighted by atomic mass is 16.4. The lowest BCUT2D eigenvalue weighted by atomic mass is 10.0. The smallest absolute Gasteiger partial charge is 0.325 e. The summed E-state index contributed by atoms with van der Waals surface area (Å²) in [5, 5.41) is 18.7. The normalized spacial score (nSPS) is 19.2. The van der Waals surface area contributed by atoms with E-state index in [0.717, 1.165) is 38.3 Å². The van der Waals surface area contributed by atoms with Gasteiger partial charge in [0.25, 0.3) is 0 Å². The van der Waals surface area contributed by atoms with Crippen molar-refractivity contribution in [1.29, 1.82) is 0 Å². The Morgan fingerprint density at radius 2 is 1.79 bits per heavy atom. The van der Waals surface area contributed by atoms with Gasteiger partial charge in [-0.1, -0.05) is 19.1 Å². The van der Waals surface area contributed by atoms with Crippen molar-refractivity contribution >= 4 is 5.97 Å². The van der Waals surface area contributed by atoms with E-state index in [4.69, 9.17) is 0 Å². The number of phenolic OH excluding ortho intramolecular Hbond substituents is 1. The van der Waals surface area contributed by atoms with Crippen LogP contribution in [0.1, 0.15) is 18.5 Å². The quantitative estimate of drug-likeness (QED) is 0.854. The fourth-order valence-corrected chi connectivity index (χ4v) is 2.50. The van der Waals surface area contributed by atoms with Crippen molar-refractivity contribution in [2.45, 2.75) is 13.0 Å². The molecule has 1 aliphatic heterocycles. The first-order valence-electron chi connectivity index (χ1n) is 6.60. The molecule has 1 aliphatic rings. The Hall–Kier alpha value is -1.59. The first kappa shape index (κ1) is 13.8. The molecule has 1 fully saturated rings. The van der Waals surface area contributed by atoms with Crippen LogP contribution >= 0.6 is 0 Å². The maximum Gasteiger partial charge on any atom is 0.325 e. The molecule has 2 N–H and O–H groups in total. The molecule has 1 saturated heterocycles. The third-order valence-electron chi connectivity index (χ3n) is 3.66.